The van der Waals surface area contributed by atoms with Crippen molar-refractivity contribution in [1.29, 1.82) is 0 Å². The van der Waals surface area contributed by atoms with Crippen LogP contribution in [0.2, 0.25) is 0 Å². The summed E-state index contributed by atoms with van der Waals surface area (Å²) in [6, 6.07) is 0. The lowest BCUT2D eigenvalue weighted by molar-refractivity contribution is -0.123. The average Bonchev–Trinajstić information content (AvgIpc) is 2.29. The van der Waals surface area contributed by atoms with Crippen LogP contribution in [0.3, 0.4) is 0 Å². The van der Waals surface area contributed by atoms with Crippen molar-refractivity contribution < 1.29 is 9.59 Å². The number of carbonyl (C=O) groups excluding carboxylic acids is 2. The van der Waals surface area contributed by atoms with E-state index in [0.29, 0.717) is 12.0 Å². The highest BCUT2D eigenvalue weighted by molar-refractivity contribution is 6.07. The Morgan fingerprint density at radius 3 is 2.77 bits per heavy atom. The molecule has 0 aromatic heterocycles. The first-order valence-electron chi connectivity index (χ1n) is 4.25. The lowest BCUT2D eigenvalue weighted by atomic mass is 10.0. The molecule has 0 amide bonds. The standard InChI is InChI=1S/C11H12O2/c1-9(12)8-11(13)10-6-4-2-3-5-7-10/h2-6H,7-8H2,1H3. The molecule has 0 aromatic rings. The van der Waals surface area contributed by atoms with E-state index in [1.807, 2.05) is 24.3 Å². The third-order valence-corrected chi connectivity index (χ3v) is 1.76. The number of hydrogen-bond acceptors (Lipinski definition) is 2. The van der Waals surface area contributed by atoms with Crippen LogP contribution in [0.4, 0.5) is 0 Å². The van der Waals surface area contributed by atoms with Gasteiger partial charge in [0.2, 0.25) is 0 Å². The molecule has 0 bridgehead atoms. The predicted molar refractivity (Wildman–Crippen MR) is 51.3 cm³/mol. The van der Waals surface area contributed by atoms with Gasteiger partial charge in [0.25, 0.3) is 0 Å². The molecule has 68 valence electrons. The SMILES string of the molecule is CC(=O)CC(=O)C1=CC=CC=CC1. The monoisotopic (exact) mass is 176 g/mol. The van der Waals surface area contributed by atoms with E-state index in [1.165, 1.54) is 6.92 Å². The van der Waals surface area contributed by atoms with Gasteiger partial charge in [0, 0.05) is 0 Å². The minimum atomic E-state index is -0.0805. The molecule has 0 fully saturated rings. The Balaban J connectivity index is 2.66. The molecule has 0 spiro atoms. The minimum Gasteiger partial charge on any atom is -0.300 e. The van der Waals surface area contributed by atoms with Crippen LogP contribution in [0, 0.1) is 0 Å². The molecule has 0 unspecified atom stereocenters. The van der Waals surface area contributed by atoms with E-state index in [1.54, 1.807) is 6.08 Å². The van der Waals surface area contributed by atoms with E-state index in [9.17, 15) is 9.59 Å². The Kier molecular flexibility index (Phi) is 3.38. The molecule has 0 aromatic carbocycles. The van der Waals surface area contributed by atoms with Gasteiger partial charge in [-0.1, -0.05) is 30.4 Å². The van der Waals surface area contributed by atoms with Gasteiger partial charge in [0.05, 0.1) is 6.42 Å². The summed E-state index contributed by atoms with van der Waals surface area (Å²) >= 11 is 0. The molecule has 1 aliphatic carbocycles. The molecule has 0 atom stereocenters. The maximum absolute atomic E-state index is 11.4. The molecule has 0 radical (unpaired) electrons. The van der Waals surface area contributed by atoms with Crippen LogP contribution in [0.15, 0.2) is 36.0 Å². The van der Waals surface area contributed by atoms with Crippen molar-refractivity contribution in [2.45, 2.75) is 19.8 Å². The van der Waals surface area contributed by atoms with E-state index >= 15 is 0 Å². The lowest BCUT2D eigenvalue weighted by Crippen LogP contribution is -2.06. The zero-order chi connectivity index (χ0) is 9.68. The first-order chi connectivity index (χ1) is 6.20. The molecule has 13 heavy (non-hydrogen) atoms. The molecule has 1 rings (SSSR count). The van der Waals surface area contributed by atoms with Crippen molar-refractivity contribution in [2.75, 3.05) is 0 Å². The summed E-state index contributed by atoms with van der Waals surface area (Å²) < 4.78 is 0. The minimum absolute atomic E-state index is 0.0213. The fourth-order valence-electron chi connectivity index (χ4n) is 1.12. The Morgan fingerprint density at radius 2 is 2.08 bits per heavy atom. The van der Waals surface area contributed by atoms with Gasteiger partial charge in [-0.15, -0.1) is 0 Å². The molecule has 0 N–H and O–H groups in total. The number of ketones is 2. The molecule has 2 nitrogen and oxygen atoms in total. The Bertz CT molecular complexity index is 306. The second kappa shape index (κ2) is 4.55. The fraction of sp³-hybridized carbons (Fsp3) is 0.273. The van der Waals surface area contributed by atoms with Crippen LogP contribution in [0.5, 0.6) is 0 Å². The van der Waals surface area contributed by atoms with Crippen LogP contribution >= 0.6 is 0 Å². The van der Waals surface area contributed by atoms with Crippen LogP contribution < -0.4 is 0 Å². The van der Waals surface area contributed by atoms with Crippen molar-refractivity contribution in [1.82, 2.24) is 0 Å². The Morgan fingerprint density at radius 1 is 1.31 bits per heavy atom. The van der Waals surface area contributed by atoms with Gasteiger partial charge in [-0.3, -0.25) is 9.59 Å². The van der Waals surface area contributed by atoms with E-state index in [-0.39, 0.29) is 18.0 Å². The molecule has 0 heterocycles. The summed E-state index contributed by atoms with van der Waals surface area (Å²) in [4.78, 5) is 22.1. The molecule has 2 heteroatoms. The number of allylic oxidation sites excluding steroid dienone is 6. The summed E-state index contributed by atoms with van der Waals surface area (Å²) in [5.41, 5.74) is 0.709. The van der Waals surface area contributed by atoms with Crippen LogP contribution in [0.25, 0.3) is 0 Å². The number of Topliss-reactive ketones (excluding diaryl/α,β-unsaturated/α-hetero) is 2. The largest absolute Gasteiger partial charge is 0.300 e. The second-order valence-electron chi connectivity index (χ2n) is 3.01. The van der Waals surface area contributed by atoms with Crippen LogP contribution in [-0.4, -0.2) is 11.6 Å². The summed E-state index contributed by atoms with van der Waals surface area (Å²) in [5, 5.41) is 0. The first-order valence-corrected chi connectivity index (χ1v) is 4.25. The first kappa shape index (κ1) is 9.65. The quantitative estimate of drug-likeness (QED) is 0.616. The van der Waals surface area contributed by atoms with Gasteiger partial charge in [-0.05, 0) is 18.9 Å². The van der Waals surface area contributed by atoms with Gasteiger partial charge in [-0.25, -0.2) is 0 Å². The van der Waals surface area contributed by atoms with Gasteiger partial charge in [0.15, 0.2) is 5.78 Å². The summed E-state index contributed by atoms with van der Waals surface area (Å²) in [6.45, 7) is 1.43. The zero-order valence-electron chi connectivity index (χ0n) is 7.62. The lowest BCUT2D eigenvalue weighted by Gasteiger charge is -1.99. The highest BCUT2D eigenvalue weighted by Crippen LogP contribution is 2.10. The van der Waals surface area contributed by atoms with Gasteiger partial charge in [-0.2, -0.15) is 0 Å². The molecule has 0 aliphatic heterocycles. The maximum atomic E-state index is 11.4. The highest BCUT2D eigenvalue weighted by atomic mass is 16.1. The summed E-state index contributed by atoms with van der Waals surface area (Å²) in [5.74, 6) is -0.146. The Labute approximate surface area is 77.6 Å². The van der Waals surface area contributed by atoms with E-state index in [0.717, 1.165) is 0 Å². The van der Waals surface area contributed by atoms with Crippen molar-refractivity contribution in [3.63, 3.8) is 0 Å². The molecular formula is C11H12O2. The highest BCUT2D eigenvalue weighted by Gasteiger charge is 2.10. The number of hydrogen-bond donors (Lipinski definition) is 0. The fourth-order valence-corrected chi connectivity index (χ4v) is 1.12. The Hall–Kier alpha value is -1.44. The molecule has 0 saturated carbocycles. The van der Waals surface area contributed by atoms with Gasteiger partial charge >= 0.3 is 0 Å². The zero-order valence-corrected chi connectivity index (χ0v) is 7.62. The average molecular weight is 176 g/mol. The predicted octanol–water partition coefficient (Wildman–Crippen LogP) is 1.98. The third-order valence-electron chi connectivity index (χ3n) is 1.76. The van der Waals surface area contributed by atoms with Crippen molar-refractivity contribution in [3.05, 3.63) is 36.0 Å². The van der Waals surface area contributed by atoms with Crippen molar-refractivity contribution in [2.24, 2.45) is 0 Å². The van der Waals surface area contributed by atoms with Crippen molar-refractivity contribution >= 4 is 11.6 Å². The molecule has 1 aliphatic rings. The van der Waals surface area contributed by atoms with Gasteiger partial charge in [0.1, 0.15) is 5.78 Å². The number of rotatable bonds is 3. The van der Waals surface area contributed by atoms with E-state index in [2.05, 4.69) is 0 Å². The van der Waals surface area contributed by atoms with Gasteiger partial charge < -0.3 is 0 Å². The molecular weight excluding hydrogens is 164 g/mol. The van der Waals surface area contributed by atoms with E-state index in [4.69, 9.17) is 0 Å². The molecule has 0 saturated heterocycles. The normalized spacial score (nSPS) is 15.0. The summed E-state index contributed by atoms with van der Waals surface area (Å²) in [6.07, 6.45) is 9.90. The number of carbonyl (C=O) groups is 2. The van der Waals surface area contributed by atoms with E-state index < -0.39 is 0 Å². The third kappa shape index (κ3) is 3.20. The topological polar surface area (TPSA) is 34.1 Å². The smallest absolute Gasteiger partial charge is 0.166 e. The maximum Gasteiger partial charge on any atom is 0.166 e. The van der Waals surface area contributed by atoms with Crippen LogP contribution in [-0.2, 0) is 9.59 Å². The second-order valence-corrected chi connectivity index (χ2v) is 3.01. The van der Waals surface area contributed by atoms with Crippen LogP contribution in [0.1, 0.15) is 19.8 Å². The van der Waals surface area contributed by atoms with Crippen molar-refractivity contribution in [3.8, 4) is 0 Å². The summed E-state index contributed by atoms with van der Waals surface area (Å²) in [7, 11) is 0.